The highest BCUT2D eigenvalue weighted by Gasteiger charge is 2.27. The van der Waals surface area contributed by atoms with Crippen LogP contribution in [0.25, 0.3) is 0 Å². The van der Waals surface area contributed by atoms with Crippen molar-refractivity contribution in [2.75, 3.05) is 56.1 Å². The summed E-state index contributed by atoms with van der Waals surface area (Å²) in [5.74, 6) is 0.0419. The molecule has 1 fully saturated rings. The third-order valence-corrected chi connectivity index (χ3v) is 6.58. The van der Waals surface area contributed by atoms with Gasteiger partial charge in [0.05, 0.1) is 24.1 Å². The number of halogens is 1. The number of hydrogen-bond donors (Lipinski definition) is 2. The lowest BCUT2D eigenvalue weighted by molar-refractivity contribution is -0.118. The molecule has 2 aromatic carbocycles. The van der Waals surface area contributed by atoms with Crippen molar-refractivity contribution in [3.05, 3.63) is 53.6 Å². The number of rotatable bonds is 7. The Bertz CT molecular complexity index is 1040. The fraction of sp³-hybridized carbons (Fsp3) is 0.481. The van der Waals surface area contributed by atoms with Crippen LogP contribution in [0.5, 0.6) is 0 Å². The third kappa shape index (κ3) is 6.97. The number of nitrogens with zero attached hydrogens (tertiary/aromatic N) is 3. The normalized spacial score (nSPS) is 15.9. The molecule has 196 valence electrons. The lowest BCUT2D eigenvalue weighted by atomic mass is 10.0. The van der Waals surface area contributed by atoms with E-state index in [4.69, 9.17) is 9.84 Å². The molecule has 0 spiro atoms. The summed E-state index contributed by atoms with van der Waals surface area (Å²) in [6.07, 6.45) is 1.35. The molecule has 36 heavy (non-hydrogen) atoms. The molecule has 2 aliphatic heterocycles. The average Bonchev–Trinajstić information content (AvgIpc) is 2.99. The quantitative estimate of drug-likeness (QED) is 0.582. The number of aryl methyl sites for hydroxylation is 2. The predicted octanol–water partition coefficient (Wildman–Crippen LogP) is 3.83. The molecule has 1 saturated heterocycles. The zero-order chi connectivity index (χ0) is 24.8. The monoisotopic (exact) mass is 516 g/mol. The van der Waals surface area contributed by atoms with Crippen LogP contribution in [-0.4, -0.2) is 78.9 Å². The van der Waals surface area contributed by atoms with Crippen LogP contribution >= 0.6 is 12.4 Å². The molecule has 0 aromatic heterocycles. The number of hydrogen-bond acceptors (Lipinski definition) is 6. The maximum Gasteiger partial charge on any atom is 0.411 e. The number of para-hydroxylation sites is 1. The van der Waals surface area contributed by atoms with Gasteiger partial charge in [0.2, 0.25) is 5.91 Å². The van der Waals surface area contributed by atoms with Gasteiger partial charge in [-0.3, -0.25) is 19.9 Å². The van der Waals surface area contributed by atoms with E-state index in [-0.39, 0.29) is 31.0 Å². The summed E-state index contributed by atoms with van der Waals surface area (Å²) in [5.41, 5.74) is 4.55. The summed E-state index contributed by atoms with van der Waals surface area (Å²) in [5, 5.41) is 12.0. The van der Waals surface area contributed by atoms with E-state index in [2.05, 4.69) is 21.2 Å². The number of piperazine rings is 1. The predicted molar refractivity (Wildman–Crippen MR) is 145 cm³/mol. The second-order valence-corrected chi connectivity index (χ2v) is 9.44. The van der Waals surface area contributed by atoms with Crippen LogP contribution < -0.4 is 10.2 Å². The van der Waals surface area contributed by atoms with Gasteiger partial charge in [-0.15, -0.1) is 12.4 Å². The van der Waals surface area contributed by atoms with Gasteiger partial charge in [-0.05, 0) is 56.0 Å². The van der Waals surface area contributed by atoms with E-state index in [1.807, 2.05) is 41.3 Å². The van der Waals surface area contributed by atoms with E-state index in [9.17, 15) is 9.59 Å². The van der Waals surface area contributed by atoms with E-state index in [1.165, 1.54) is 0 Å². The standard InChI is InChI=1S/C27H36N4O4.ClH/c1-20(2)35-27(34)28-23-10-9-22-8-7-21-5-3-4-6-24(21)31(25(22)19-23)26(33)11-12-29-13-15-30(16-14-29)17-18-32;/h3-6,9-10,19-20,32H,7-8,11-18H2,1-2H3,(H,28,34);1H. The van der Waals surface area contributed by atoms with Crippen LogP contribution in [0.2, 0.25) is 0 Å². The second-order valence-electron chi connectivity index (χ2n) is 9.44. The van der Waals surface area contributed by atoms with Crippen LogP contribution in [0.1, 0.15) is 31.4 Å². The number of β-amino-alcohol motifs (C(OH)–C–C–N with tert-alkyl or cyclic N) is 1. The molecule has 0 unspecified atom stereocenters. The largest absolute Gasteiger partial charge is 0.447 e. The van der Waals surface area contributed by atoms with Crippen molar-refractivity contribution in [1.82, 2.24) is 9.80 Å². The summed E-state index contributed by atoms with van der Waals surface area (Å²) in [4.78, 5) is 32.3. The Labute approximate surface area is 219 Å². The molecule has 2 aliphatic rings. The Morgan fingerprint density at radius 1 is 0.944 bits per heavy atom. The minimum absolute atomic E-state index is 0. The summed E-state index contributed by atoms with van der Waals surface area (Å²) < 4.78 is 5.23. The van der Waals surface area contributed by atoms with Gasteiger partial charge >= 0.3 is 6.09 Å². The summed E-state index contributed by atoms with van der Waals surface area (Å²) in [6.45, 7) is 8.79. The van der Waals surface area contributed by atoms with Crippen molar-refractivity contribution in [3.63, 3.8) is 0 Å². The maximum absolute atomic E-state index is 13.7. The van der Waals surface area contributed by atoms with Crippen LogP contribution in [0.4, 0.5) is 21.9 Å². The van der Waals surface area contributed by atoms with Crippen LogP contribution in [0.15, 0.2) is 42.5 Å². The molecular formula is C27H37ClN4O4. The molecule has 0 aliphatic carbocycles. The Hall–Kier alpha value is -2.65. The lowest BCUT2D eigenvalue weighted by Crippen LogP contribution is -2.47. The summed E-state index contributed by atoms with van der Waals surface area (Å²) >= 11 is 0. The zero-order valence-corrected chi connectivity index (χ0v) is 21.9. The Morgan fingerprint density at radius 2 is 1.58 bits per heavy atom. The van der Waals surface area contributed by atoms with E-state index in [0.717, 1.165) is 61.5 Å². The van der Waals surface area contributed by atoms with Gasteiger partial charge < -0.3 is 14.7 Å². The first kappa shape index (κ1) is 27.9. The third-order valence-electron chi connectivity index (χ3n) is 6.58. The first-order valence-corrected chi connectivity index (χ1v) is 12.5. The summed E-state index contributed by atoms with van der Waals surface area (Å²) in [7, 11) is 0. The molecule has 0 saturated carbocycles. The van der Waals surface area contributed by atoms with Crippen molar-refractivity contribution >= 4 is 41.5 Å². The molecule has 0 atom stereocenters. The van der Waals surface area contributed by atoms with Gasteiger partial charge in [0.1, 0.15) is 0 Å². The molecule has 9 heteroatoms. The molecule has 0 radical (unpaired) electrons. The number of aliphatic hydroxyl groups excluding tert-OH is 1. The van der Waals surface area contributed by atoms with Gasteiger partial charge in [-0.1, -0.05) is 24.3 Å². The first-order valence-electron chi connectivity index (χ1n) is 12.5. The smallest absolute Gasteiger partial charge is 0.411 e. The highest BCUT2D eigenvalue weighted by atomic mass is 35.5. The molecule has 0 bridgehead atoms. The molecule has 4 rings (SSSR count). The van der Waals surface area contributed by atoms with E-state index >= 15 is 0 Å². The molecule has 2 amide bonds. The SMILES string of the molecule is CC(C)OC(=O)Nc1ccc2c(c1)N(C(=O)CCN1CCN(CCO)CC1)c1ccccc1CC2.Cl. The van der Waals surface area contributed by atoms with Gasteiger partial charge in [0.15, 0.2) is 0 Å². The minimum atomic E-state index is -0.507. The van der Waals surface area contributed by atoms with Gasteiger partial charge in [0.25, 0.3) is 0 Å². The second kappa shape index (κ2) is 13.1. The van der Waals surface area contributed by atoms with Crippen molar-refractivity contribution in [2.45, 2.75) is 39.2 Å². The van der Waals surface area contributed by atoms with Crippen LogP contribution in [0.3, 0.4) is 0 Å². The average molecular weight is 517 g/mol. The fourth-order valence-electron chi connectivity index (χ4n) is 4.77. The number of fused-ring (bicyclic) bond motifs is 2. The van der Waals surface area contributed by atoms with E-state index in [1.54, 1.807) is 13.8 Å². The number of nitrogens with one attached hydrogen (secondary N) is 1. The summed E-state index contributed by atoms with van der Waals surface area (Å²) in [6, 6.07) is 13.8. The van der Waals surface area contributed by atoms with Crippen molar-refractivity contribution in [3.8, 4) is 0 Å². The van der Waals surface area contributed by atoms with Crippen LogP contribution in [0, 0.1) is 0 Å². The number of amides is 2. The number of carbonyl (C=O) groups is 2. The van der Waals surface area contributed by atoms with E-state index in [0.29, 0.717) is 25.2 Å². The topological polar surface area (TPSA) is 85.4 Å². The van der Waals surface area contributed by atoms with Gasteiger partial charge in [-0.25, -0.2) is 4.79 Å². The Kier molecular flexibility index (Phi) is 10.1. The lowest BCUT2D eigenvalue weighted by Gasteiger charge is -2.34. The molecule has 2 heterocycles. The van der Waals surface area contributed by atoms with Crippen LogP contribution in [-0.2, 0) is 22.4 Å². The van der Waals surface area contributed by atoms with Crippen molar-refractivity contribution < 1.29 is 19.4 Å². The number of aliphatic hydroxyl groups is 1. The van der Waals surface area contributed by atoms with Gasteiger partial charge in [0, 0.05) is 51.4 Å². The number of ether oxygens (including phenoxy) is 1. The number of benzene rings is 2. The zero-order valence-electron chi connectivity index (χ0n) is 21.1. The highest BCUT2D eigenvalue weighted by molar-refractivity contribution is 6.03. The molecule has 2 N–H and O–H groups in total. The number of anilines is 3. The van der Waals surface area contributed by atoms with Crippen molar-refractivity contribution in [2.24, 2.45) is 0 Å². The highest BCUT2D eigenvalue weighted by Crippen LogP contribution is 2.38. The maximum atomic E-state index is 13.7. The Morgan fingerprint density at radius 3 is 2.25 bits per heavy atom. The van der Waals surface area contributed by atoms with E-state index < -0.39 is 6.09 Å². The van der Waals surface area contributed by atoms with Gasteiger partial charge in [-0.2, -0.15) is 0 Å². The minimum Gasteiger partial charge on any atom is -0.447 e. The molecular weight excluding hydrogens is 480 g/mol. The van der Waals surface area contributed by atoms with Crippen molar-refractivity contribution in [1.29, 1.82) is 0 Å². The molecule has 2 aromatic rings. The Balaban J connectivity index is 0.00000361. The first-order chi connectivity index (χ1) is 16.9. The number of carbonyl (C=O) groups excluding carboxylic acids is 2. The molecule has 8 nitrogen and oxygen atoms in total. The fourth-order valence-corrected chi connectivity index (χ4v) is 4.77.